The fraction of sp³-hybridized carbons (Fsp3) is 0.0556. The highest BCUT2D eigenvalue weighted by Crippen LogP contribution is 2.39. The maximum atomic E-state index is 5.17. The van der Waals surface area contributed by atoms with E-state index in [1.165, 1.54) is 32.1 Å². The summed E-state index contributed by atoms with van der Waals surface area (Å²) in [5, 5.41) is 3.68. The topological polar surface area (TPSA) is 29.6 Å². The number of rotatable bonds is 6. The first-order valence-corrected chi connectivity index (χ1v) is 14.2. The molecule has 4 heteroatoms. The summed E-state index contributed by atoms with van der Waals surface area (Å²) in [7, 11) is 0. The van der Waals surface area contributed by atoms with E-state index in [0.29, 0.717) is 6.54 Å². The van der Waals surface area contributed by atoms with E-state index in [-0.39, 0.29) is 0 Å². The molecule has 0 aliphatic carbocycles. The van der Waals surface area contributed by atoms with Gasteiger partial charge in [0.1, 0.15) is 0 Å². The molecule has 40 heavy (non-hydrogen) atoms. The van der Waals surface area contributed by atoms with Crippen molar-refractivity contribution < 1.29 is 0 Å². The number of thiophene rings is 1. The van der Waals surface area contributed by atoms with Gasteiger partial charge in [0, 0.05) is 32.1 Å². The van der Waals surface area contributed by atoms with Crippen LogP contribution < -0.4 is 0 Å². The van der Waals surface area contributed by atoms with Crippen LogP contribution in [0.2, 0.25) is 0 Å². The van der Waals surface area contributed by atoms with Gasteiger partial charge in [-0.1, -0.05) is 90.5 Å². The molecule has 0 spiro atoms. The van der Waals surface area contributed by atoms with Crippen molar-refractivity contribution in [2.75, 3.05) is 0 Å². The predicted octanol–water partition coefficient (Wildman–Crippen LogP) is 9.68. The van der Waals surface area contributed by atoms with Gasteiger partial charge in [-0.15, -0.1) is 11.3 Å². The number of hydrogen-bond acceptors (Lipinski definition) is 3. The molecular formula is C36H27N3S. The molecule has 192 valence electrons. The van der Waals surface area contributed by atoms with Crippen molar-refractivity contribution in [3.8, 4) is 5.69 Å². The number of para-hydroxylation sites is 1. The van der Waals surface area contributed by atoms with Crippen LogP contribution in [0.15, 0.2) is 131 Å². The summed E-state index contributed by atoms with van der Waals surface area (Å²) in [6, 6.07) is 42.8. The molecule has 2 heterocycles. The van der Waals surface area contributed by atoms with Crippen LogP contribution in [0.25, 0.3) is 37.6 Å². The van der Waals surface area contributed by atoms with Crippen LogP contribution in [0.3, 0.4) is 0 Å². The van der Waals surface area contributed by atoms with Crippen LogP contribution in [0.5, 0.6) is 0 Å². The van der Waals surface area contributed by atoms with E-state index in [4.69, 9.17) is 4.99 Å². The van der Waals surface area contributed by atoms with Crippen molar-refractivity contribution in [1.29, 1.82) is 0 Å². The van der Waals surface area contributed by atoms with Crippen LogP contribution >= 0.6 is 11.3 Å². The highest BCUT2D eigenvalue weighted by Gasteiger charge is 2.18. The normalized spacial score (nSPS) is 12.0. The van der Waals surface area contributed by atoms with Gasteiger partial charge in [-0.3, -0.25) is 9.98 Å². The second-order valence-electron chi connectivity index (χ2n) is 10.0. The Morgan fingerprint density at radius 3 is 2.23 bits per heavy atom. The molecule has 0 unspecified atom stereocenters. The van der Waals surface area contributed by atoms with Crippen LogP contribution in [0.1, 0.15) is 21.6 Å². The summed E-state index contributed by atoms with van der Waals surface area (Å²) < 4.78 is 3.54. The van der Waals surface area contributed by atoms with Crippen molar-refractivity contribution in [2.45, 2.75) is 13.5 Å². The molecule has 0 aliphatic heterocycles. The molecule has 0 amide bonds. The second-order valence-corrected chi connectivity index (χ2v) is 11.1. The highest BCUT2D eigenvalue weighted by atomic mass is 32.1. The summed E-state index contributed by atoms with van der Waals surface area (Å²) in [5.41, 5.74) is 8.94. The first-order chi connectivity index (χ1) is 19.7. The Kier molecular flexibility index (Phi) is 6.10. The maximum Gasteiger partial charge on any atom is 0.0903 e. The second kappa shape index (κ2) is 10.1. The Morgan fingerprint density at radius 1 is 0.725 bits per heavy atom. The largest absolute Gasteiger partial charge is 0.309 e. The van der Waals surface area contributed by atoms with Gasteiger partial charge >= 0.3 is 0 Å². The third kappa shape index (κ3) is 4.14. The molecule has 0 saturated carbocycles. The standard InChI is InChI=1S/C36H27N3S/c1-24-16-21-32-30(22-24)28-12-6-8-14-31(28)39(32)27-19-17-25(18-20-27)23-38-34(26-10-4-3-5-11-26)36-35(37-2)29-13-7-9-15-33(29)40-36/h3-22H,2,23H2,1H3. The molecule has 2 aromatic heterocycles. The highest BCUT2D eigenvalue weighted by molar-refractivity contribution is 7.21. The molecule has 3 nitrogen and oxygen atoms in total. The monoisotopic (exact) mass is 533 g/mol. The Morgan fingerprint density at radius 2 is 1.43 bits per heavy atom. The Bertz CT molecular complexity index is 2040. The number of nitrogens with zero attached hydrogens (tertiary/aromatic N) is 3. The Labute approximate surface area is 237 Å². The number of aryl methyl sites for hydroxylation is 1. The van der Waals surface area contributed by atoms with E-state index < -0.39 is 0 Å². The number of aromatic nitrogens is 1. The maximum absolute atomic E-state index is 5.17. The van der Waals surface area contributed by atoms with Crippen LogP contribution in [-0.2, 0) is 6.54 Å². The van der Waals surface area contributed by atoms with Gasteiger partial charge in [0.2, 0.25) is 0 Å². The third-order valence-corrected chi connectivity index (χ3v) is 8.60. The summed E-state index contributed by atoms with van der Waals surface area (Å²) in [5.74, 6) is 0. The number of aliphatic imine (C=N–C) groups is 2. The molecule has 0 bridgehead atoms. The summed E-state index contributed by atoms with van der Waals surface area (Å²) in [4.78, 5) is 10.7. The molecule has 0 N–H and O–H groups in total. The van der Waals surface area contributed by atoms with Gasteiger partial charge in [0.25, 0.3) is 0 Å². The van der Waals surface area contributed by atoms with Gasteiger partial charge < -0.3 is 4.57 Å². The van der Waals surface area contributed by atoms with Gasteiger partial charge in [-0.2, -0.15) is 0 Å². The fourth-order valence-corrected chi connectivity index (χ4v) is 6.72. The number of fused-ring (bicyclic) bond motifs is 4. The molecule has 0 atom stereocenters. The molecule has 0 radical (unpaired) electrons. The lowest BCUT2D eigenvalue weighted by molar-refractivity contribution is 1.06. The summed E-state index contributed by atoms with van der Waals surface area (Å²) in [6.45, 7) is 6.61. The van der Waals surface area contributed by atoms with Crippen molar-refractivity contribution in [3.05, 3.63) is 143 Å². The summed E-state index contributed by atoms with van der Waals surface area (Å²) >= 11 is 1.72. The molecule has 0 saturated heterocycles. The minimum absolute atomic E-state index is 0.571. The molecule has 7 rings (SSSR count). The SMILES string of the molecule is C=Nc1c(C(=NCc2ccc(-n3c4ccccc4c4cc(C)ccc43)cc2)c2ccccc2)sc2ccccc12. The molecule has 5 aromatic carbocycles. The van der Waals surface area contributed by atoms with Crippen LogP contribution in [0.4, 0.5) is 5.69 Å². The lowest BCUT2D eigenvalue weighted by Crippen LogP contribution is -2.02. The zero-order chi connectivity index (χ0) is 27.1. The van der Waals surface area contributed by atoms with Crippen molar-refractivity contribution in [3.63, 3.8) is 0 Å². The average Bonchev–Trinajstić information content (AvgIpc) is 3.53. The fourth-order valence-electron chi connectivity index (χ4n) is 5.53. The first-order valence-electron chi connectivity index (χ1n) is 13.4. The molecule has 0 aliphatic rings. The first kappa shape index (κ1) is 24.3. The van der Waals surface area contributed by atoms with E-state index in [1.54, 1.807) is 11.3 Å². The predicted molar refractivity (Wildman–Crippen MR) is 172 cm³/mol. The van der Waals surface area contributed by atoms with E-state index >= 15 is 0 Å². The zero-order valence-corrected chi connectivity index (χ0v) is 23.0. The van der Waals surface area contributed by atoms with Crippen molar-refractivity contribution in [2.24, 2.45) is 9.98 Å². The quantitative estimate of drug-likeness (QED) is 0.191. The van der Waals surface area contributed by atoms with Gasteiger partial charge in [0.15, 0.2) is 0 Å². The number of hydrogen-bond donors (Lipinski definition) is 0. The van der Waals surface area contributed by atoms with E-state index in [2.05, 4.69) is 132 Å². The van der Waals surface area contributed by atoms with Gasteiger partial charge in [-0.25, -0.2) is 0 Å². The Balaban J connectivity index is 1.29. The van der Waals surface area contributed by atoms with Gasteiger partial charge in [-0.05, 0) is 55.6 Å². The van der Waals surface area contributed by atoms with Gasteiger partial charge in [0.05, 0.1) is 33.9 Å². The lowest BCUT2D eigenvalue weighted by Gasteiger charge is -2.10. The molecule has 7 aromatic rings. The van der Waals surface area contributed by atoms with Crippen LogP contribution in [0, 0.1) is 6.92 Å². The van der Waals surface area contributed by atoms with Crippen molar-refractivity contribution in [1.82, 2.24) is 4.57 Å². The smallest absolute Gasteiger partial charge is 0.0903 e. The molecule has 0 fully saturated rings. The minimum Gasteiger partial charge on any atom is -0.309 e. The number of benzene rings is 5. The minimum atomic E-state index is 0.571. The summed E-state index contributed by atoms with van der Waals surface area (Å²) in [6.07, 6.45) is 0. The zero-order valence-electron chi connectivity index (χ0n) is 22.2. The third-order valence-electron chi connectivity index (χ3n) is 7.43. The average molecular weight is 534 g/mol. The van der Waals surface area contributed by atoms with Crippen molar-refractivity contribution >= 4 is 61.3 Å². The van der Waals surface area contributed by atoms with E-state index in [1.807, 2.05) is 12.1 Å². The molecular weight excluding hydrogens is 506 g/mol. The van der Waals surface area contributed by atoms with E-state index in [9.17, 15) is 0 Å². The Hall–Kier alpha value is -4.80. The van der Waals surface area contributed by atoms with E-state index in [0.717, 1.165) is 38.5 Å². The van der Waals surface area contributed by atoms with Crippen LogP contribution in [-0.4, -0.2) is 17.0 Å². The lowest BCUT2D eigenvalue weighted by atomic mass is 10.1.